The molecule has 13 heavy (non-hydrogen) atoms. The average Bonchev–Trinajstić information content (AvgIpc) is 2.72. The van der Waals surface area contributed by atoms with Crippen LogP contribution in [0, 0.1) is 11.8 Å². The highest BCUT2D eigenvalue weighted by molar-refractivity contribution is 8.00. The Morgan fingerprint density at radius 1 is 1.23 bits per heavy atom. The molecule has 1 aliphatic carbocycles. The first-order chi connectivity index (χ1) is 6.36. The highest BCUT2D eigenvalue weighted by atomic mass is 32.2. The van der Waals surface area contributed by atoms with E-state index in [9.17, 15) is 4.79 Å². The van der Waals surface area contributed by atoms with E-state index in [1.807, 2.05) is 11.8 Å². The molecule has 1 heterocycles. The Labute approximate surface area is 84.7 Å². The van der Waals surface area contributed by atoms with Crippen LogP contribution in [0.25, 0.3) is 0 Å². The number of Topliss-reactive ketones (excluding diaryl/α,β-unsaturated/α-hetero) is 1. The first-order valence-corrected chi connectivity index (χ1v) is 6.62. The van der Waals surface area contributed by atoms with Crippen LogP contribution in [0.3, 0.4) is 0 Å². The summed E-state index contributed by atoms with van der Waals surface area (Å²) in [6, 6.07) is 0. The maximum absolute atomic E-state index is 11.4. The minimum Gasteiger partial charge on any atom is -0.298 e. The predicted octanol–water partition coefficient (Wildman–Crippen LogP) is 2.89. The molecule has 0 bridgehead atoms. The zero-order chi connectivity index (χ0) is 9.10. The monoisotopic (exact) mass is 198 g/mol. The fraction of sp³-hybridized carbons (Fsp3) is 0.909. The van der Waals surface area contributed by atoms with Gasteiger partial charge < -0.3 is 0 Å². The molecule has 2 aliphatic rings. The van der Waals surface area contributed by atoms with Crippen LogP contribution in [-0.2, 0) is 4.79 Å². The summed E-state index contributed by atoms with van der Waals surface area (Å²) >= 11 is 1.82. The van der Waals surface area contributed by atoms with Gasteiger partial charge in [-0.2, -0.15) is 11.8 Å². The van der Waals surface area contributed by atoms with Crippen molar-refractivity contribution >= 4 is 17.5 Å². The van der Waals surface area contributed by atoms with Crippen molar-refractivity contribution in [3.05, 3.63) is 0 Å². The lowest BCUT2D eigenvalue weighted by atomic mass is 9.94. The van der Waals surface area contributed by atoms with E-state index in [0.29, 0.717) is 11.7 Å². The first-order valence-electron chi connectivity index (χ1n) is 5.46. The molecule has 1 nitrogen and oxygen atoms in total. The first kappa shape index (κ1) is 9.57. The Morgan fingerprint density at radius 2 is 2.00 bits per heavy atom. The maximum atomic E-state index is 11.4. The van der Waals surface area contributed by atoms with Crippen molar-refractivity contribution in [1.82, 2.24) is 0 Å². The molecule has 0 aromatic carbocycles. The third-order valence-electron chi connectivity index (χ3n) is 3.42. The molecule has 74 valence electrons. The number of carbonyl (C=O) groups excluding carboxylic acids is 1. The minimum atomic E-state index is 0.422. The molecule has 2 heteroatoms. The summed E-state index contributed by atoms with van der Waals surface area (Å²) in [5, 5.41) is 0. The van der Waals surface area contributed by atoms with Crippen molar-refractivity contribution in [3.8, 4) is 0 Å². The van der Waals surface area contributed by atoms with Gasteiger partial charge in [-0.1, -0.05) is 25.7 Å². The summed E-state index contributed by atoms with van der Waals surface area (Å²) < 4.78 is 0. The Bertz CT molecular complexity index is 185. The molecule has 2 fully saturated rings. The van der Waals surface area contributed by atoms with Gasteiger partial charge in [0.25, 0.3) is 0 Å². The fourth-order valence-electron chi connectivity index (χ4n) is 2.49. The van der Waals surface area contributed by atoms with Gasteiger partial charge in [-0.25, -0.2) is 0 Å². The molecular formula is C11H18OS. The lowest BCUT2D eigenvalue weighted by Gasteiger charge is -2.11. The van der Waals surface area contributed by atoms with E-state index in [2.05, 4.69) is 0 Å². The average molecular weight is 198 g/mol. The third kappa shape index (κ3) is 2.49. The van der Waals surface area contributed by atoms with Crippen LogP contribution in [0.5, 0.6) is 0 Å². The fourth-order valence-corrected chi connectivity index (χ4v) is 3.68. The van der Waals surface area contributed by atoms with Crippen molar-refractivity contribution in [2.24, 2.45) is 11.8 Å². The standard InChI is InChI=1S/C11H18OS/c12-11-8-13-7-10(11)6-5-9-3-1-2-4-9/h9-10H,1-8H2. The van der Waals surface area contributed by atoms with Crippen molar-refractivity contribution in [2.45, 2.75) is 38.5 Å². The molecule has 0 aromatic rings. The van der Waals surface area contributed by atoms with Gasteiger partial charge in [0.2, 0.25) is 0 Å². The van der Waals surface area contributed by atoms with E-state index in [0.717, 1.165) is 17.4 Å². The summed E-state index contributed by atoms with van der Waals surface area (Å²) in [7, 11) is 0. The Hall–Kier alpha value is 0.0200. The SMILES string of the molecule is O=C1CSCC1CCC1CCCC1. The molecule has 1 atom stereocenters. The van der Waals surface area contributed by atoms with Crippen LogP contribution in [0.2, 0.25) is 0 Å². The molecule has 0 radical (unpaired) electrons. The van der Waals surface area contributed by atoms with Gasteiger partial charge in [0, 0.05) is 11.7 Å². The van der Waals surface area contributed by atoms with E-state index in [-0.39, 0.29) is 0 Å². The molecule has 0 spiro atoms. The minimum absolute atomic E-state index is 0.422. The number of ketones is 1. The van der Waals surface area contributed by atoms with E-state index in [4.69, 9.17) is 0 Å². The van der Waals surface area contributed by atoms with Gasteiger partial charge >= 0.3 is 0 Å². The van der Waals surface area contributed by atoms with Crippen LogP contribution < -0.4 is 0 Å². The van der Waals surface area contributed by atoms with Crippen molar-refractivity contribution in [3.63, 3.8) is 0 Å². The number of rotatable bonds is 3. The van der Waals surface area contributed by atoms with Gasteiger partial charge in [-0.15, -0.1) is 0 Å². The molecule has 2 rings (SSSR count). The predicted molar refractivity (Wildman–Crippen MR) is 57.0 cm³/mol. The molecule has 0 aromatic heterocycles. The zero-order valence-electron chi connectivity index (χ0n) is 8.13. The molecule has 0 N–H and O–H groups in total. The maximum Gasteiger partial charge on any atom is 0.146 e. The smallest absolute Gasteiger partial charge is 0.146 e. The van der Waals surface area contributed by atoms with Crippen LogP contribution in [0.1, 0.15) is 38.5 Å². The Balaban J connectivity index is 1.69. The number of carbonyl (C=O) groups is 1. The largest absolute Gasteiger partial charge is 0.298 e. The number of hydrogen-bond acceptors (Lipinski definition) is 2. The van der Waals surface area contributed by atoms with E-state index < -0.39 is 0 Å². The zero-order valence-corrected chi connectivity index (χ0v) is 8.94. The van der Waals surface area contributed by atoms with Gasteiger partial charge in [0.1, 0.15) is 5.78 Å². The summed E-state index contributed by atoms with van der Waals surface area (Å²) in [5.41, 5.74) is 0. The lowest BCUT2D eigenvalue weighted by Crippen LogP contribution is -2.12. The second kappa shape index (κ2) is 4.50. The Kier molecular flexibility index (Phi) is 3.31. The normalized spacial score (nSPS) is 30.2. The highest BCUT2D eigenvalue weighted by Gasteiger charge is 2.26. The topological polar surface area (TPSA) is 17.1 Å². The highest BCUT2D eigenvalue weighted by Crippen LogP contribution is 2.32. The second-order valence-electron chi connectivity index (χ2n) is 4.41. The number of hydrogen-bond donors (Lipinski definition) is 0. The summed E-state index contributed by atoms with van der Waals surface area (Å²) in [6.45, 7) is 0. The van der Waals surface area contributed by atoms with Gasteiger partial charge in [-0.05, 0) is 18.8 Å². The summed E-state index contributed by atoms with van der Waals surface area (Å²) in [5.74, 6) is 3.79. The van der Waals surface area contributed by atoms with Crippen molar-refractivity contribution < 1.29 is 4.79 Å². The molecular weight excluding hydrogens is 180 g/mol. The second-order valence-corrected chi connectivity index (χ2v) is 5.44. The summed E-state index contributed by atoms with van der Waals surface area (Å²) in [4.78, 5) is 11.4. The number of thioether (sulfide) groups is 1. The van der Waals surface area contributed by atoms with Gasteiger partial charge in [0.15, 0.2) is 0 Å². The molecule has 1 unspecified atom stereocenters. The van der Waals surface area contributed by atoms with Crippen LogP contribution in [-0.4, -0.2) is 17.3 Å². The van der Waals surface area contributed by atoms with Crippen LogP contribution in [0.15, 0.2) is 0 Å². The van der Waals surface area contributed by atoms with Crippen molar-refractivity contribution in [1.29, 1.82) is 0 Å². The lowest BCUT2D eigenvalue weighted by molar-refractivity contribution is -0.119. The van der Waals surface area contributed by atoms with Crippen molar-refractivity contribution in [2.75, 3.05) is 11.5 Å². The van der Waals surface area contributed by atoms with E-state index in [1.54, 1.807) is 0 Å². The third-order valence-corrected chi connectivity index (χ3v) is 4.54. The van der Waals surface area contributed by atoms with E-state index in [1.165, 1.54) is 38.5 Å². The molecule has 1 saturated heterocycles. The molecule has 0 amide bonds. The molecule has 1 aliphatic heterocycles. The van der Waals surface area contributed by atoms with E-state index >= 15 is 0 Å². The quantitative estimate of drug-likeness (QED) is 0.693. The summed E-state index contributed by atoms with van der Waals surface area (Å²) in [6.07, 6.45) is 8.20. The van der Waals surface area contributed by atoms with Crippen LogP contribution in [0.4, 0.5) is 0 Å². The van der Waals surface area contributed by atoms with Crippen LogP contribution >= 0.6 is 11.8 Å². The van der Waals surface area contributed by atoms with Gasteiger partial charge in [-0.3, -0.25) is 4.79 Å². The Morgan fingerprint density at radius 3 is 2.62 bits per heavy atom. The van der Waals surface area contributed by atoms with Gasteiger partial charge in [0.05, 0.1) is 5.75 Å². The molecule has 1 saturated carbocycles.